The molecular weight excluding hydrogens is 284 g/mol. The third kappa shape index (κ3) is 3.74. The fraction of sp³-hybridized carbons (Fsp3) is 0.471. The maximum absolute atomic E-state index is 11.7. The Hall–Kier alpha value is -1.69. The monoisotopic (exact) mass is 306 g/mol. The molecule has 1 aromatic carbocycles. The van der Waals surface area contributed by atoms with E-state index in [1.807, 2.05) is 30.3 Å². The number of aliphatic hydroxyl groups is 3. The van der Waals surface area contributed by atoms with Crippen LogP contribution < -0.4 is 0 Å². The van der Waals surface area contributed by atoms with E-state index in [-0.39, 0.29) is 6.42 Å². The first-order chi connectivity index (χ1) is 10.5. The lowest BCUT2D eigenvalue weighted by Crippen LogP contribution is -2.48. The number of benzene rings is 1. The molecule has 2 rings (SSSR count). The van der Waals surface area contributed by atoms with Crippen LogP contribution in [0.5, 0.6) is 0 Å². The molecule has 1 aliphatic carbocycles. The smallest absolute Gasteiger partial charge is 0.342 e. The van der Waals surface area contributed by atoms with Crippen molar-refractivity contribution in [2.75, 3.05) is 7.11 Å². The van der Waals surface area contributed by atoms with E-state index in [1.165, 1.54) is 18.7 Å². The molecule has 1 aliphatic rings. The highest BCUT2D eigenvalue weighted by Crippen LogP contribution is 2.31. The number of aliphatic hydroxyl groups excluding tert-OH is 2. The second-order valence-electron chi connectivity index (χ2n) is 5.69. The third-order valence-corrected chi connectivity index (χ3v) is 4.00. The summed E-state index contributed by atoms with van der Waals surface area (Å²) in [5, 5.41) is 30.2. The SMILES string of the molecule is COC(=O)[C@]1(O)C=C(CCCc2ccccc2)[C@@H](O)C(O)C1. The predicted molar refractivity (Wildman–Crippen MR) is 81.1 cm³/mol. The van der Waals surface area contributed by atoms with Crippen LogP contribution in [0.25, 0.3) is 0 Å². The van der Waals surface area contributed by atoms with Crippen LogP contribution in [-0.2, 0) is 16.0 Å². The van der Waals surface area contributed by atoms with Gasteiger partial charge in [-0.15, -0.1) is 0 Å². The van der Waals surface area contributed by atoms with Gasteiger partial charge in [0.1, 0.15) is 6.10 Å². The van der Waals surface area contributed by atoms with E-state index in [2.05, 4.69) is 4.74 Å². The van der Waals surface area contributed by atoms with Crippen molar-refractivity contribution in [2.24, 2.45) is 0 Å². The molecule has 0 bridgehead atoms. The Balaban J connectivity index is 2.05. The summed E-state index contributed by atoms with van der Waals surface area (Å²) < 4.78 is 4.57. The Morgan fingerprint density at radius 3 is 2.59 bits per heavy atom. The van der Waals surface area contributed by atoms with Crippen LogP contribution in [-0.4, -0.2) is 46.2 Å². The molecule has 3 atom stereocenters. The van der Waals surface area contributed by atoms with Crippen molar-refractivity contribution in [1.29, 1.82) is 0 Å². The summed E-state index contributed by atoms with van der Waals surface area (Å²) in [4.78, 5) is 11.7. The van der Waals surface area contributed by atoms with Crippen molar-refractivity contribution in [2.45, 2.75) is 43.5 Å². The standard InChI is InChI=1S/C17H22O5/c1-22-16(20)17(21)10-13(15(19)14(18)11-17)9-5-8-12-6-3-2-4-7-12/h2-4,6-7,10,14-15,18-19,21H,5,8-9,11H2,1H3/t14?,15-,17+/m1/s1. The Kier molecular flexibility index (Phi) is 5.34. The average Bonchev–Trinajstić information content (AvgIpc) is 2.52. The molecule has 0 fully saturated rings. The van der Waals surface area contributed by atoms with Gasteiger partial charge in [-0.25, -0.2) is 4.79 Å². The molecule has 5 nitrogen and oxygen atoms in total. The summed E-state index contributed by atoms with van der Waals surface area (Å²) in [6, 6.07) is 9.91. The topological polar surface area (TPSA) is 87.0 Å². The summed E-state index contributed by atoms with van der Waals surface area (Å²) in [7, 11) is 1.18. The molecule has 0 aliphatic heterocycles. The molecule has 22 heavy (non-hydrogen) atoms. The minimum atomic E-state index is -1.87. The van der Waals surface area contributed by atoms with E-state index in [0.29, 0.717) is 12.0 Å². The van der Waals surface area contributed by atoms with Crippen molar-refractivity contribution in [3.63, 3.8) is 0 Å². The van der Waals surface area contributed by atoms with Gasteiger partial charge < -0.3 is 20.1 Å². The summed E-state index contributed by atoms with van der Waals surface area (Å²) >= 11 is 0. The van der Waals surface area contributed by atoms with Gasteiger partial charge in [-0.05, 0) is 36.5 Å². The van der Waals surface area contributed by atoms with E-state index in [1.54, 1.807) is 0 Å². The minimum absolute atomic E-state index is 0.261. The molecule has 1 aromatic rings. The quantitative estimate of drug-likeness (QED) is 0.557. The lowest BCUT2D eigenvalue weighted by atomic mass is 9.81. The first-order valence-corrected chi connectivity index (χ1v) is 7.39. The van der Waals surface area contributed by atoms with Crippen LogP contribution >= 0.6 is 0 Å². The number of hydrogen-bond donors (Lipinski definition) is 3. The number of rotatable bonds is 5. The van der Waals surface area contributed by atoms with E-state index in [0.717, 1.165) is 12.8 Å². The van der Waals surface area contributed by atoms with E-state index in [9.17, 15) is 20.1 Å². The summed E-state index contributed by atoms with van der Waals surface area (Å²) in [5.74, 6) is -0.820. The van der Waals surface area contributed by atoms with Crippen molar-refractivity contribution in [3.05, 3.63) is 47.5 Å². The number of carbonyl (C=O) groups excluding carboxylic acids is 1. The van der Waals surface area contributed by atoms with Gasteiger partial charge >= 0.3 is 5.97 Å². The van der Waals surface area contributed by atoms with Crippen LogP contribution in [0.3, 0.4) is 0 Å². The Morgan fingerprint density at radius 1 is 1.27 bits per heavy atom. The van der Waals surface area contributed by atoms with E-state index >= 15 is 0 Å². The van der Waals surface area contributed by atoms with Gasteiger partial charge in [0.25, 0.3) is 0 Å². The van der Waals surface area contributed by atoms with Crippen LogP contribution in [0.1, 0.15) is 24.8 Å². The molecule has 0 saturated carbocycles. The average molecular weight is 306 g/mol. The highest BCUT2D eigenvalue weighted by atomic mass is 16.5. The molecule has 0 aromatic heterocycles. The van der Waals surface area contributed by atoms with Crippen molar-refractivity contribution < 1.29 is 24.9 Å². The summed E-state index contributed by atoms with van der Waals surface area (Å²) in [5.41, 5.74) is -0.213. The number of aryl methyl sites for hydroxylation is 1. The van der Waals surface area contributed by atoms with Crippen LogP contribution in [0.2, 0.25) is 0 Å². The first-order valence-electron chi connectivity index (χ1n) is 7.39. The third-order valence-electron chi connectivity index (χ3n) is 4.00. The summed E-state index contributed by atoms with van der Waals surface area (Å²) in [6.07, 6.45) is 0.895. The van der Waals surface area contributed by atoms with Gasteiger partial charge in [0.15, 0.2) is 5.60 Å². The van der Waals surface area contributed by atoms with Gasteiger partial charge in [0, 0.05) is 6.42 Å². The van der Waals surface area contributed by atoms with Gasteiger partial charge in [0.2, 0.25) is 0 Å². The van der Waals surface area contributed by atoms with Gasteiger partial charge in [-0.1, -0.05) is 30.3 Å². The zero-order chi connectivity index (χ0) is 16.2. The Labute approximate surface area is 129 Å². The van der Waals surface area contributed by atoms with Gasteiger partial charge in [-0.2, -0.15) is 0 Å². The van der Waals surface area contributed by atoms with E-state index < -0.39 is 23.8 Å². The van der Waals surface area contributed by atoms with Crippen molar-refractivity contribution in [3.8, 4) is 0 Å². The summed E-state index contributed by atoms with van der Waals surface area (Å²) in [6.45, 7) is 0. The maximum atomic E-state index is 11.7. The fourth-order valence-corrected chi connectivity index (χ4v) is 2.81. The Morgan fingerprint density at radius 2 is 1.95 bits per heavy atom. The van der Waals surface area contributed by atoms with E-state index in [4.69, 9.17) is 0 Å². The molecule has 0 saturated heterocycles. The predicted octanol–water partition coefficient (Wildman–Crippen LogP) is 0.965. The van der Waals surface area contributed by atoms with Crippen LogP contribution in [0.4, 0.5) is 0 Å². The second kappa shape index (κ2) is 7.05. The van der Waals surface area contributed by atoms with Crippen molar-refractivity contribution >= 4 is 5.97 Å². The number of methoxy groups -OCH3 is 1. The largest absolute Gasteiger partial charge is 0.467 e. The Bertz CT molecular complexity index is 539. The molecule has 120 valence electrons. The first kappa shape index (κ1) is 16.7. The zero-order valence-electron chi connectivity index (χ0n) is 12.6. The number of hydrogen-bond acceptors (Lipinski definition) is 5. The number of esters is 1. The molecule has 3 N–H and O–H groups in total. The van der Waals surface area contributed by atoms with Gasteiger partial charge in [-0.3, -0.25) is 0 Å². The maximum Gasteiger partial charge on any atom is 0.342 e. The van der Waals surface area contributed by atoms with Crippen LogP contribution in [0.15, 0.2) is 42.0 Å². The molecule has 0 radical (unpaired) electrons. The van der Waals surface area contributed by atoms with Gasteiger partial charge in [0.05, 0.1) is 13.2 Å². The zero-order valence-corrected chi connectivity index (χ0v) is 12.6. The fourth-order valence-electron chi connectivity index (χ4n) is 2.81. The lowest BCUT2D eigenvalue weighted by molar-refractivity contribution is -0.162. The molecule has 0 heterocycles. The molecule has 5 heteroatoms. The van der Waals surface area contributed by atoms with Crippen molar-refractivity contribution in [1.82, 2.24) is 0 Å². The minimum Gasteiger partial charge on any atom is -0.467 e. The highest BCUT2D eigenvalue weighted by molar-refractivity contribution is 5.82. The molecule has 0 amide bonds. The molecule has 0 spiro atoms. The normalized spacial score (nSPS) is 28.1. The lowest BCUT2D eigenvalue weighted by Gasteiger charge is -2.34. The number of carbonyl (C=O) groups is 1. The number of ether oxygens (including phenoxy) is 1. The van der Waals surface area contributed by atoms with Crippen LogP contribution in [0, 0.1) is 0 Å². The highest BCUT2D eigenvalue weighted by Gasteiger charge is 2.44. The molecule has 1 unspecified atom stereocenters. The second-order valence-corrected chi connectivity index (χ2v) is 5.69. The molecular formula is C17H22O5.